The first-order chi connectivity index (χ1) is 5.31. The van der Waals surface area contributed by atoms with E-state index in [1.807, 2.05) is 34.6 Å². The second-order valence-corrected chi connectivity index (χ2v) is 1.76. The van der Waals surface area contributed by atoms with Gasteiger partial charge in [0.1, 0.15) is 0 Å². The van der Waals surface area contributed by atoms with Gasteiger partial charge in [0.15, 0.2) is 0 Å². The summed E-state index contributed by atoms with van der Waals surface area (Å²) in [5.74, 6) is 0. The zero-order valence-electron chi connectivity index (χ0n) is 9.07. The molecule has 2 N–H and O–H groups in total. The van der Waals surface area contributed by atoms with Gasteiger partial charge in [0, 0.05) is 0 Å². The molecule has 11 heavy (non-hydrogen) atoms. The molecule has 0 aliphatic heterocycles. The summed E-state index contributed by atoms with van der Waals surface area (Å²) in [6.45, 7) is 12.2. The Bertz CT molecular complexity index is 65.3. The second kappa shape index (κ2) is 22.7. The van der Waals surface area contributed by atoms with Gasteiger partial charge in [0.25, 0.3) is 0 Å². The lowest BCUT2D eigenvalue weighted by atomic mass is 10.2. The van der Waals surface area contributed by atoms with Crippen LogP contribution in [0.15, 0.2) is 11.8 Å². The Morgan fingerprint density at radius 2 is 1.55 bits per heavy atom. The Kier molecular flexibility index (Phi) is 34.8. The first-order valence-corrected chi connectivity index (χ1v) is 4.68. The van der Waals surface area contributed by atoms with Gasteiger partial charge in [0.2, 0.25) is 0 Å². The van der Waals surface area contributed by atoms with Crippen LogP contribution in [0.4, 0.5) is 0 Å². The number of hydrogen-bond donors (Lipinski definition) is 1. The second-order valence-electron chi connectivity index (χ2n) is 1.76. The molecule has 0 aromatic carbocycles. The van der Waals surface area contributed by atoms with Crippen LogP contribution in [-0.4, -0.2) is 0 Å². The topological polar surface area (TPSA) is 26.0 Å². The maximum absolute atomic E-state index is 5.20. The van der Waals surface area contributed by atoms with Gasteiger partial charge in [-0.1, -0.05) is 46.6 Å². The van der Waals surface area contributed by atoms with E-state index >= 15 is 0 Å². The highest BCUT2D eigenvalue weighted by Gasteiger charge is 1.80. The van der Waals surface area contributed by atoms with Crippen molar-refractivity contribution in [2.45, 2.75) is 54.4 Å². The van der Waals surface area contributed by atoms with Gasteiger partial charge in [-0.05, 0) is 19.5 Å². The summed E-state index contributed by atoms with van der Waals surface area (Å²) in [5.41, 5.74) is 6.48. The molecule has 70 valence electrons. The summed E-state index contributed by atoms with van der Waals surface area (Å²) in [7, 11) is 0. The fourth-order valence-corrected chi connectivity index (χ4v) is 0.478. The average Bonchev–Trinajstić information content (AvgIpc) is 2.12. The van der Waals surface area contributed by atoms with Gasteiger partial charge in [0.05, 0.1) is 0 Å². The van der Waals surface area contributed by atoms with Crippen LogP contribution in [0.1, 0.15) is 54.4 Å². The third-order valence-corrected chi connectivity index (χ3v) is 0.929. The molecule has 0 bridgehead atoms. The van der Waals surface area contributed by atoms with Crippen LogP contribution in [0.5, 0.6) is 0 Å². The standard InChI is InChI=1S/C6H13N.2C2H6/c1-3-4-6(2)5-7;2*1-2/h5H,3-4,7H2,1-2H3;2*1-2H3/b6-5-;;. The van der Waals surface area contributed by atoms with Crippen molar-refractivity contribution in [1.29, 1.82) is 0 Å². The van der Waals surface area contributed by atoms with Crippen molar-refractivity contribution in [3.05, 3.63) is 11.8 Å². The van der Waals surface area contributed by atoms with E-state index in [4.69, 9.17) is 5.73 Å². The predicted octanol–water partition coefficient (Wildman–Crippen LogP) is 3.70. The van der Waals surface area contributed by atoms with Crippen molar-refractivity contribution >= 4 is 0 Å². The molecule has 0 fully saturated rings. The molecule has 0 saturated heterocycles. The molecule has 0 aromatic heterocycles. The van der Waals surface area contributed by atoms with Gasteiger partial charge < -0.3 is 5.73 Å². The van der Waals surface area contributed by atoms with Crippen molar-refractivity contribution < 1.29 is 0 Å². The fourth-order valence-electron chi connectivity index (χ4n) is 0.478. The third kappa shape index (κ3) is 26.3. The minimum absolute atomic E-state index is 1.14. The molecule has 1 heteroatoms. The van der Waals surface area contributed by atoms with E-state index in [2.05, 4.69) is 6.92 Å². The van der Waals surface area contributed by atoms with Crippen molar-refractivity contribution in [2.75, 3.05) is 0 Å². The van der Waals surface area contributed by atoms with Crippen LogP contribution in [0.3, 0.4) is 0 Å². The molecule has 1 nitrogen and oxygen atoms in total. The molecule has 0 aliphatic carbocycles. The Labute approximate surface area is 72.7 Å². The lowest BCUT2D eigenvalue weighted by Gasteiger charge is -1.90. The van der Waals surface area contributed by atoms with Crippen LogP contribution in [0, 0.1) is 0 Å². The van der Waals surface area contributed by atoms with E-state index in [1.165, 1.54) is 12.0 Å². The molecule has 0 heterocycles. The summed E-state index contributed by atoms with van der Waals surface area (Å²) < 4.78 is 0. The summed E-state index contributed by atoms with van der Waals surface area (Å²) in [5, 5.41) is 0. The predicted molar refractivity (Wildman–Crippen MR) is 55.5 cm³/mol. The minimum atomic E-state index is 1.14. The molecule has 0 radical (unpaired) electrons. The molecule has 0 spiro atoms. The molecule has 0 unspecified atom stereocenters. The first-order valence-electron chi connectivity index (χ1n) is 4.68. The molecular weight excluding hydrogens is 134 g/mol. The lowest BCUT2D eigenvalue weighted by Crippen LogP contribution is -1.82. The Balaban J connectivity index is -0.000000138. The van der Waals surface area contributed by atoms with Crippen LogP contribution < -0.4 is 5.73 Å². The van der Waals surface area contributed by atoms with Crippen LogP contribution in [0.25, 0.3) is 0 Å². The van der Waals surface area contributed by atoms with E-state index < -0.39 is 0 Å². The van der Waals surface area contributed by atoms with Gasteiger partial charge in [-0.15, -0.1) is 0 Å². The number of allylic oxidation sites excluding steroid dienone is 1. The largest absolute Gasteiger partial charge is 0.405 e. The zero-order chi connectivity index (χ0) is 9.70. The number of rotatable bonds is 2. The maximum atomic E-state index is 5.20. The third-order valence-electron chi connectivity index (χ3n) is 0.929. The summed E-state index contributed by atoms with van der Waals surface area (Å²) in [6, 6.07) is 0. The maximum Gasteiger partial charge on any atom is -0.00733 e. The van der Waals surface area contributed by atoms with E-state index in [0.29, 0.717) is 0 Å². The SMILES string of the molecule is CC.CC.CCC/C(C)=C\N. The van der Waals surface area contributed by atoms with E-state index in [0.717, 1.165) is 6.42 Å². The monoisotopic (exact) mass is 159 g/mol. The van der Waals surface area contributed by atoms with E-state index in [-0.39, 0.29) is 0 Å². The number of hydrogen-bond acceptors (Lipinski definition) is 1. The molecule has 0 rings (SSSR count). The van der Waals surface area contributed by atoms with Gasteiger partial charge >= 0.3 is 0 Å². The Morgan fingerprint density at radius 3 is 1.64 bits per heavy atom. The van der Waals surface area contributed by atoms with E-state index in [9.17, 15) is 0 Å². The van der Waals surface area contributed by atoms with Crippen LogP contribution >= 0.6 is 0 Å². The van der Waals surface area contributed by atoms with Crippen LogP contribution in [0.2, 0.25) is 0 Å². The highest BCUT2D eigenvalue weighted by Crippen LogP contribution is 1.98. The first kappa shape index (κ1) is 16.9. The quantitative estimate of drug-likeness (QED) is 0.653. The van der Waals surface area contributed by atoms with Crippen molar-refractivity contribution in [2.24, 2.45) is 5.73 Å². The van der Waals surface area contributed by atoms with Gasteiger partial charge in [-0.25, -0.2) is 0 Å². The average molecular weight is 159 g/mol. The Morgan fingerprint density at radius 1 is 1.18 bits per heavy atom. The van der Waals surface area contributed by atoms with Crippen molar-refractivity contribution in [1.82, 2.24) is 0 Å². The van der Waals surface area contributed by atoms with E-state index in [1.54, 1.807) is 6.20 Å². The van der Waals surface area contributed by atoms with Crippen LogP contribution in [-0.2, 0) is 0 Å². The normalized spacial score (nSPS) is 8.73. The number of nitrogens with two attached hydrogens (primary N) is 1. The molecule has 0 amide bonds. The summed E-state index contributed by atoms with van der Waals surface area (Å²) in [4.78, 5) is 0. The zero-order valence-corrected chi connectivity index (χ0v) is 9.07. The molecule has 0 saturated carbocycles. The smallest absolute Gasteiger partial charge is 0.00733 e. The molecule has 0 aromatic rings. The van der Waals surface area contributed by atoms with Gasteiger partial charge in [-0.2, -0.15) is 0 Å². The van der Waals surface area contributed by atoms with Gasteiger partial charge in [-0.3, -0.25) is 0 Å². The van der Waals surface area contributed by atoms with Crippen molar-refractivity contribution in [3.8, 4) is 0 Å². The highest BCUT2D eigenvalue weighted by atomic mass is 14.5. The summed E-state index contributed by atoms with van der Waals surface area (Å²) >= 11 is 0. The van der Waals surface area contributed by atoms with Crippen molar-refractivity contribution in [3.63, 3.8) is 0 Å². The molecule has 0 aliphatic rings. The highest BCUT2D eigenvalue weighted by molar-refractivity contribution is 4.93. The molecular formula is C10H25N. The Hall–Kier alpha value is -0.460. The summed E-state index contributed by atoms with van der Waals surface area (Å²) in [6.07, 6.45) is 4.00. The molecule has 0 atom stereocenters. The fraction of sp³-hybridized carbons (Fsp3) is 0.800. The lowest BCUT2D eigenvalue weighted by molar-refractivity contribution is 0.901. The minimum Gasteiger partial charge on any atom is -0.405 e.